The van der Waals surface area contributed by atoms with Crippen molar-refractivity contribution in [2.75, 3.05) is 21.2 Å². The van der Waals surface area contributed by atoms with Crippen molar-refractivity contribution in [3.63, 3.8) is 0 Å². The predicted molar refractivity (Wildman–Crippen MR) is 68.1 cm³/mol. The van der Waals surface area contributed by atoms with Crippen LogP contribution in [-0.4, -0.2) is 32.1 Å². The lowest BCUT2D eigenvalue weighted by Crippen LogP contribution is -2.35. The number of benzene rings is 1. The molecule has 1 rings (SSSR count). The van der Waals surface area contributed by atoms with E-state index in [1.54, 1.807) is 7.11 Å². The molecule has 0 radical (unpaired) electrons. The molecule has 4 heteroatoms. The number of methoxy groups -OCH3 is 1. The monoisotopic (exact) mass is 242 g/mol. The molecule has 0 saturated carbocycles. The van der Waals surface area contributed by atoms with Gasteiger partial charge in [0.25, 0.3) is 0 Å². The highest BCUT2D eigenvalue weighted by Crippen LogP contribution is 2.30. The maximum atomic E-state index is 6.10. The SMILES string of the molecule is COc1ccc(C(C(C)N)N(C)C)cc1Cl. The number of nitrogens with two attached hydrogens (primary N) is 1. The van der Waals surface area contributed by atoms with E-state index in [2.05, 4.69) is 4.90 Å². The first-order valence-corrected chi connectivity index (χ1v) is 5.60. The van der Waals surface area contributed by atoms with Gasteiger partial charge in [0.1, 0.15) is 5.75 Å². The molecule has 0 heterocycles. The minimum absolute atomic E-state index is 0.0412. The van der Waals surface area contributed by atoms with E-state index < -0.39 is 0 Å². The Balaban J connectivity index is 3.07. The summed E-state index contributed by atoms with van der Waals surface area (Å²) in [6.07, 6.45) is 0. The van der Waals surface area contributed by atoms with E-state index >= 15 is 0 Å². The van der Waals surface area contributed by atoms with E-state index in [1.807, 2.05) is 39.2 Å². The van der Waals surface area contributed by atoms with E-state index in [9.17, 15) is 0 Å². The van der Waals surface area contributed by atoms with Gasteiger partial charge in [0.2, 0.25) is 0 Å². The Kier molecular flexibility index (Phi) is 4.59. The molecular formula is C12H19ClN2O. The summed E-state index contributed by atoms with van der Waals surface area (Å²) in [6, 6.07) is 5.98. The molecular weight excluding hydrogens is 224 g/mol. The van der Waals surface area contributed by atoms with Crippen molar-refractivity contribution in [2.24, 2.45) is 5.73 Å². The van der Waals surface area contributed by atoms with Crippen LogP contribution in [-0.2, 0) is 0 Å². The zero-order valence-electron chi connectivity index (χ0n) is 10.2. The molecule has 3 nitrogen and oxygen atoms in total. The first-order valence-electron chi connectivity index (χ1n) is 5.22. The van der Waals surface area contributed by atoms with Crippen LogP contribution in [0.1, 0.15) is 18.5 Å². The van der Waals surface area contributed by atoms with Crippen LogP contribution >= 0.6 is 11.6 Å². The van der Waals surface area contributed by atoms with Gasteiger partial charge in [-0.25, -0.2) is 0 Å². The topological polar surface area (TPSA) is 38.5 Å². The molecule has 16 heavy (non-hydrogen) atoms. The fourth-order valence-electron chi connectivity index (χ4n) is 1.94. The number of halogens is 1. The predicted octanol–water partition coefficient (Wildman–Crippen LogP) is 2.30. The normalized spacial score (nSPS) is 14.9. The summed E-state index contributed by atoms with van der Waals surface area (Å²) in [7, 11) is 5.62. The fraction of sp³-hybridized carbons (Fsp3) is 0.500. The van der Waals surface area contributed by atoms with Crippen LogP contribution in [0.3, 0.4) is 0 Å². The van der Waals surface area contributed by atoms with Crippen molar-refractivity contribution in [3.05, 3.63) is 28.8 Å². The second-order valence-corrected chi connectivity index (χ2v) is 4.57. The lowest BCUT2D eigenvalue weighted by atomic mass is 10.00. The molecule has 2 N–H and O–H groups in total. The van der Waals surface area contributed by atoms with Gasteiger partial charge in [-0.3, -0.25) is 0 Å². The lowest BCUT2D eigenvalue weighted by Gasteiger charge is -2.28. The maximum absolute atomic E-state index is 6.10. The second kappa shape index (κ2) is 5.53. The summed E-state index contributed by atoms with van der Waals surface area (Å²) < 4.78 is 5.12. The summed E-state index contributed by atoms with van der Waals surface area (Å²) in [4.78, 5) is 2.09. The van der Waals surface area contributed by atoms with Crippen LogP contribution in [0.15, 0.2) is 18.2 Å². The third-order valence-electron chi connectivity index (χ3n) is 2.57. The van der Waals surface area contributed by atoms with Crippen molar-refractivity contribution >= 4 is 11.6 Å². The average molecular weight is 243 g/mol. The fourth-order valence-corrected chi connectivity index (χ4v) is 2.20. The van der Waals surface area contributed by atoms with E-state index in [0.717, 1.165) is 5.56 Å². The van der Waals surface area contributed by atoms with E-state index in [1.165, 1.54) is 0 Å². The molecule has 0 aliphatic carbocycles. The molecule has 0 aromatic heterocycles. The van der Waals surface area contributed by atoms with Crippen molar-refractivity contribution in [3.8, 4) is 5.75 Å². The Morgan fingerprint density at radius 1 is 1.38 bits per heavy atom. The highest BCUT2D eigenvalue weighted by atomic mass is 35.5. The van der Waals surface area contributed by atoms with Crippen LogP contribution < -0.4 is 10.5 Å². The van der Waals surface area contributed by atoms with Crippen LogP contribution in [0.4, 0.5) is 0 Å². The largest absolute Gasteiger partial charge is 0.495 e. The van der Waals surface area contributed by atoms with Gasteiger partial charge < -0.3 is 15.4 Å². The summed E-state index contributed by atoms with van der Waals surface area (Å²) in [6.45, 7) is 1.99. The molecule has 0 saturated heterocycles. The Hall–Kier alpha value is -0.770. The molecule has 1 aromatic carbocycles. The van der Waals surface area contributed by atoms with Crippen LogP contribution in [0.5, 0.6) is 5.75 Å². The van der Waals surface area contributed by atoms with Crippen molar-refractivity contribution < 1.29 is 4.74 Å². The van der Waals surface area contributed by atoms with Crippen molar-refractivity contribution in [1.82, 2.24) is 4.90 Å². The van der Waals surface area contributed by atoms with E-state index in [0.29, 0.717) is 10.8 Å². The van der Waals surface area contributed by atoms with Gasteiger partial charge in [0.05, 0.1) is 12.1 Å². The minimum Gasteiger partial charge on any atom is -0.495 e. The van der Waals surface area contributed by atoms with Crippen molar-refractivity contribution in [1.29, 1.82) is 0 Å². The average Bonchev–Trinajstić information content (AvgIpc) is 2.16. The third-order valence-corrected chi connectivity index (χ3v) is 2.87. The van der Waals surface area contributed by atoms with Gasteiger partial charge >= 0.3 is 0 Å². The van der Waals surface area contributed by atoms with Gasteiger partial charge in [-0.05, 0) is 38.7 Å². The highest BCUT2D eigenvalue weighted by Gasteiger charge is 2.19. The Bertz CT molecular complexity index is 345. The van der Waals surface area contributed by atoms with Crippen LogP contribution in [0, 0.1) is 0 Å². The van der Waals surface area contributed by atoms with E-state index in [-0.39, 0.29) is 12.1 Å². The number of hydrogen-bond donors (Lipinski definition) is 1. The molecule has 0 fully saturated rings. The first kappa shape index (κ1) is 13.3. The zero-order chi connectivity index (χ0) is 12.3. The molecule has 0 aliphatic heterocycles. The summed E-state index contributed by atoms with van der Waals surface area (Å²) in [5.74, 6) is 0.688. The molecule has 0 amide bonds. The minimum atomic E-state index is 0.0412. The second-order valence-electron chi connectivity index (χ2n) is 4.16. The molecule has 0 bridgehead atoms. The zero-order valence-corrected chi connectivity index (χ0v) is 11.0. The molecule has 90 valence electrons. The standard InChI is InChI=1S/C12H19ClN2O/c1-8(14)12(15(2)3)9-5-6-11(16-4)10(13)7-9/h5-8,12H,14H2,1-4H3. The number of rotatable bonds is 4. The molecule has 2 atom stereocenters. The number of ether oxygens (including phenoxy) is 1. The summed E-state index contributed by atoms with van der Waals surface area (Å²) >= 11 is 6.10. The number of hydrogen-bond acceptors (Lipinski definition) is 3. The number of likely N-dealkylation sites (N-methyl/N-ethyl adjacent to an activating group) is 1. The third kappa shape index (κ3) is 2.88. The Labute approximate surface area is 102 Å². The van der Waals surface area contributed by atoms with Crippen molar-refractivity contribution in [2.45, 2.75) is 19.0 Å². The molecule has 0 aliphatic rings. The first-order chi connectivity index (χ1) is 7.47. The molecule has 0 spiro atoms. The van der Waals surface area contributed by atoms with Gasteiger partial charge in [-0.2, -0.15) is 0 Å². The molecule has 1 aromatic rings. The van der Waals surface area contributed by atoms with Crippen LogP contribution in [0.25, 0.3) is 0 Å². The van der Waals surface area contributed by atoms with E-state index in [4.69, 9.17) is 22.1 Å². The summed E-state index contributed by atoms with van der Waals surface area (Å²) in [5, 5.41) is 0.618. The van der Waals surface area contributed by atoms with Gasteiger partial charge in [0.15, 0.2) is 0 Å². The maximum Gasteiger partial charge on any atom is 0.137 e. The lowest BCUT2D eigenvalue weighted by molar-refractivity contribution is 0.266. The quantitative estimate of drug-likeness (QED) is 0.881. The summed E-state index contributed by atoms with van der Waals surface area (Å²) in [5.41, 5.74) is 7.08. The highest BCUT2D eigenvalue weighted by molar-refractivity contribution is 6.32. The van der Waals surface area contributed by atoms with Gasteiger partial charge in [0, 0.05) is 12.1 Å². The van der Waals surface area contributed by atoms with Crippen LogP contribution in [0.2, 0.25) is 5.02 Å². The Morgan fingerprint density at radius 3 is 2.38 bits per heavy atom. The Morgan fingerprint density at radius 2 is 2.00 bits per heavy atom. The smallest absolute Gasteiger partial charge is 0.137 e. The van der Waals surface area contributed by atoms with Gasteiger partial charge in [-0.15, -0.1) is 0 Å². The molecule has 2 unspecified atom stereocenters. The van der Waals surface area contributed by atoms with Gasteiger partial charge in [-0.1, -0.05) is 17.7 Å². The number of nitrogens with zero attached hydrogens (tertiary/aromatic N) is 1.